The number of halogens is 3. The SMILES string of the molecule is COC(=O)C1CCN(C)CC1c1ccccc1C(F)(F)F. The Morgan fingerprint density at radius 3 is 2.62 bits per heavy atom. The molecular formula is C15H18F3NO2. The molecule has 1 aromatic rings. The lowest BCUT2D eigenvalue weighted by Gasteiger charge is -2.36. The Morgan fingerprint density at radius 2 is 2.00 bits per heavy atom. The van der Waals surface area contributed by atoms with Crippen molar-refractivity contribution in [2.24, 2.45) is 5.92 Å². The third kappa shape index (κ3) is 3.37. The maximum Gasteiger partial charge on any atom is 0.416 e. The normalized spacial score (nSPS) is 23.9. The highest BCUT2D eigenvalue weighted by atomic mass is 19.4. The highest BCUT2D eigenvalue weighted by Gasteiger charge is 2.40. The Bertz CT molecular complexity index is 516. The summed E-state index contributed by atoms with van der Waals surface area (Å²) in [5, 5.41) is 0. The number of likely N-dealkylation sites (tertiary alicyclic amines) is 1. The fourth-order valence-electron chi connectivity index (χ4n) is 2.94. The summed E-state index contributed by atoms with van der Waals surface area (Å²) in [4.78, 5) is 13.8. The summed E-state index contributed by atoms with van der Waals surface area (Å²) in [5.41, 5.74) is -0.494. The van der Waals surface area contributed by atoms with E-state index >= 15 is 0 Å². The molecule has 1 saturated heterocycles. The van der Waals surface area contributed by atoms with Gasteiger partial charge in [-0.2, -0.15) is 13.2 Å². The van der Waals surface area contributed by atoms with Gasteiger partial charge in [0.15, 0.2) is 0 Å². The number of carbonyl (C=O) groups is 1. The van der Waals surface area contributed by atoms with E-state index < -0.39 is 29.5 Å². The quantitative estimate of drug-likeness (QED) is 0.787. The molecular weight excluding hydrogens is 283 g/mol. The molecule has 1 heterocycles. The van der Waals surface area contributed by atoms with Crippen molar-refractivity contribution in [3.8, 4) is 0 Å². The van der Waals surface area contributed by atoms with Gasteiger partial charge in [0.05, 0.1) is 18.6 Å². The van der Waals surface area contributed by atoms with E-state index in [4.69, 9.17) is 4.74 Å². The van der Waals surface area contributed by atoms with Gasteiger partial charge in [-0.05, 0) is 31.6 Å². The number of ether oxygens (including phenoxy) is 1. The molecule has 0 aromatic heterocycles. The van der Waals surface area contributed by atoms with Crippen LogP contribution in [0.3, 0.4) is 0 Å². The molecule has 1 aromatic carbocycles. The van der Waals surface area contributed by atoms with Crippen LogP contribution >= 0.6 is 0 Å². The van der Waals surface area contributed by atoms with Gasteiger partial charge < -0.3 is 9.64 Å². The van der Waals surface area contributed by atoms with Crippen LogP contribution in [-0.4, -0.2) is 38.1 Å². The van der Waals surface area contributed by atoms with Gasteiger partial charge in [-0.1, -0.05) is 18.2 Å². The third-order valence-corrected chi connectivity index (χ3v) is 3.99. The van der Waals surface area contributed by atoms with Crippen molar-refractivity contribution in [2.75, 3.05) is 27.2 Å². The van der Waals surface area contributed by atoms with E-state index in [-0.39, 0.29) is 5.56 Å². The molecule has 1 aliphatic rings. The number of esters is 1. The molecule has 3 nitrogen and oxygen atoms in total. The van der Waals surface area contributed by atoms with Crippen molar-refractivity contribution < 1.29 is 22.7 Å². The first kappa shape index (κ1) is 15.8. The minimum atomic E-state index is -4.42. The molecule has 0 N–H and O–H groups in total. The van der Waals surface area contributed by atoms with Gasteiger partial charge in [0, 0.05) is 12.5 Å². The monoisotopic (exact) mass is 301 g/mol. The summed E-state index contributed by atoms with van der Waals surface area (Å²) >= 11 is 0. The number of nitrogens with zero attached hydrogens (tertiary/aromatic N) is 1. The molecule has 0 amide bonds. The molecule has 0 saturated carbocycles. The second kappa shape index (κ2) is 6.05. The summed E-state index contributed by atoms with van der Waals surface area (Å²) in [6.07, 6.45) is -3.92. The van der Waals surface area contributed by atoms with Gasteiger partial charge in [0.1, 0.15) is 0 Å². The predicted octanol–water partition coefficient (Wildman–Crippen LogP) is 2.91. The van der Waals surface area contributed by atoms with Crippen molar-refractivity contribution in [2.45, 2.75) is 18.5 Å². The highest BCUT2D eigenvalue weighted by molar-refractivity contribution is 5.74. The van der Waals surface area contributed by atoms with Crippen LogP contribution in [0.4, 0.5) is 13.2 Å². The van der Waals surface area contributed by atoms with E-state index in [9.17, 15) is 18.0 Å². The molecule has 2 atom stereocenters. The Balaban J connectivity index is 2.43. The molecule has 0 radical (unpaired) electrons. The number of benzene rings is 1. The molecule has 1 fully saturated rings. The Morgan fingerprint density at radius 1 is 1.33 bits per heavy atom. The van der Waals surface area contributed by atoms with E-state index in [1.165, 1.54) is 19.2 Å². The van der Waals surface area contributed by atoms with Crippen molar-refractivity contribution in [1.29, 1.82) is 0 Å². The van der Waals surface area contributed by atoms with Gasteiger partial charge >= 0.3 is 12.1 Å². The summed E-state index contributed by atoms with van der Waals surface area (Å²) in [6.45, 7) is 1.08. The van der Waals surface area contributed by atoms with E-state index in [2.05, 4.69) is 0 Å². The van der Waals surface area contributed by atoms with Crippen LogP contribution in [0.2, 0.25) is 0 Å². The standard InChI is InChI=1S/C15H18F3NO2/c1-19-8-7-11(14(20)21-2)12(9-19)10-5-3-4-6-13(10)15(16,17)18/h3-6,11-12H,7-9H2,1-2H3. The number of likely N-dealkylation sites (N-methyl/N-ethyl adjacent to an activating group) is 1. The zero-order valence-electron chi connectivity index (χ0n) is 12.0. The zero-order valence-corrected chi connectivity index (χ0v) is 12.0. The molecule has 1 aliphatic heterocycles. The fourth-order valence-corrected chi connectivity index (χ4v) is 2.94. The molecule has 2 unspecified atom stereocenters. The van der Waals surface area contributed by atoms with E-state index in [0.29, 0.717) is 19.5 Å². The van der Waals surface area contributed by atoms with Crippen LogP contribution in [0.25, 0.3) is 0 Å². The van der Waals surface area contributed by atoms with Crippen LogP contribution < -0.4 is 0 Å². The number of piperidine rings is 1. The molecule has 116 valence electrons. The molecule has 0 bridgehead atoms. The molecule has 2 rings (SSSR count). The Kier molecular flexibility index (Phi) is 4.56. The van der Waals surface area contributed by atoms with Crippen molar-refractivity contribution in [3.05, 3.63) is 35.4 Å². The van der Waals surface area contributed by atoms with Crippen LogP contribution in [0.5, 0.6) is 0 Å². The minimum absolute atomic E-state index is 0.173. The van der Waals surface area contributed by atoms with Crippen LogP contribution in [0.15, 0.2) is 24.3 Å². The topological polar surface area (TPSA) is 29.5 Å². The third-order valence-electron chi connectivity index (χ3n) is 3.99. The van der Waals surface area contributed by atoms with E-state index in [1.54, 1.807) is 6.07 Å². The molecule has 0 spiro atoms. The number of rotatable bonds is 2. The Hall–Kier alpha value is -1.56. The second-order valence-corrected chi connectivity index (χ2v) is 5.37. The van der Waals surface area contributed by atoms with Gasteiger partial charge in [0.25, 0.3) is 0 Å². The van der Waals surface area contributed by atoms with Gasteiger partial charge in [-0.3, -0.25) is 4.79 Å². The number of hydrogen-bond acceptors (Lipinski definition) is 3. The average Bonchev–Trinajstić information content (AvgIpc) is 2.45. The smallest absolute Gasteiger partial charge is 0.416 e. The maximum absolute atomic E-state index is 13.2. The van der Waals surface area contributed by atoms with E-state index in [1.807, 2.05) is 11.9 Å². The van der Waals surface area contributed by atoms with Crippen LogP contribution in [0, 0.1) is 5.92 Å². The van der Waals surface area contributed by atoms with E-state index in [0.717, 1.165) is 6.07 Å². The number of carbonyl (C=O) groups excluding carboxylic acids is 1. The first-order chi connectivity index (χ1) is 9.84. The van der Waals surface area contributed by atoms with Crippen molar-refractivity contribution in [3.63, 3.8) is 0 Å². The van der Waals surface area contributed by atoms with Crippen LogP contribution in [-0.2, 0) is 15.7 Å². The number of alkyl halides is 3. The summed E-state index contributed by atoms with van der Waals surface area (Å²) in [7, 11) is 3.12. The highest BCUT2D eigenvalue weighted by Crippen LogP contribution is 2.40. The molecule has 0 aliphatic carbocycles. The molecule has 6 heteroatoms. The lowest BCUT2D eigenvalue weighted by Crippen LogP contribution is -2.41. The predicted molar refractivity (Wildman–Crippen MR) is 71.8 cm³/mol. The van der Waals surface area contributed by atoms with Crippen molar-refractivity contribution >= 4 is 5.97 Å². The van der Waals surface area contributed by atoms with Crippen molar-refractivity contribution in [1.82, 2.24) is 4.90 Å². The second-order valence-electron chi connectivity index (χ2n) is 5.37. The average molecular weight is 301 g/mol. The van der Waals surface area contributed by atoms with Gasteiger partial charge in [-0.25, -0.2) is 0 Å². The maximum atomic E-state index is 13.2. The van der Waals surface area contributed by atoms with Gasteiger partial charge in [-0.15, -0.1) is 0 Å². The Labute approximate surface area is 121 Å². The minimum Gasteiger partial charge on any atom is -0.469 e. The van der Waals surface area contributed by atoms with Crippen LogP contribution in [0.1, 0.15) is 23.5 Å². The summed E-state index contributed by atoms with van der Waals surface area (Å²) in [5.74, 6) is -1.48. The van der Waals surface area contributed by atoms with Gasteiger partial charge in [0.2, 0.25) is 0 Å². The first-order valence-corrected chi connectivity index (χ1v) is 6.77. The number of hydrogen-bond donors (Lipinski definition) is 0. The summed E-state index contributed by atoms with van der Waals surface area (Å²) in [6, 6.07) is 5.47. The largest absolute Gasteiger partial charge is 0.469 e. The zero-order chi connectivity index (χ0) is 15.6. The fraction of sp³-hybridized carbons (Fsp3) is 0.533. The lowest BCUT2D eigenvalue weighted by molar-refractivity contribution is -0.149. The number of methoxy groups -OCH3 is 1. The lowest BCUT2D eigenvalue weighted by atomic mass is 9.79. The first-order valence-electron chi connectivity index (χ1n) is 6.77. The summed E-state index contributed by atoms with van der Waals surface area (Å²) < 4.78 is 44.3. The molecule has 21 heavy (non-hydrogen) atoms.